The molecular weight excluding hydrogens is 206 g/mol. The van der Waals surface area contributed by atoms with Gasteiger partial charge in [-0.1, -0.05) is 12.1 Å². The second-order valence-corrected chi connectivity index (χ2v) is 3.19. The SMILES string of the molecule is Cc1ccc(C(O)C(F)C(=O)O)cc1F. The van der Waals surface area contributed by atoms with Crippen molar-refractivity contribution in [3.8, 4) is 0 Å². The Hall–Kier alpha value is -1.49. The van der Waals surface area contributed by atoms with E-state index in [2.05, 4.69) is 0 Å². The van der Waals surface area contributed by atoms with Gasteiger partial charge in [-0.25, -0.2) is 13.6 Å². The first-order valence-corrected chi connectivity index (χ1v) is 4.24. The van der Waals surface area contributed by atoms with E-state index in [0.29, 0.717) is 5.56 Å². The zero-order valence-corrected chi connectivity index (χ0v) is 7.95. The molecule has 0 saturated heterocycles. The number of hydrogen-bond donors (Lipinski definition) is 2. The second-order valence-electron chi connectivity index (χ2n) is 3.19. The van der Waals surface area contributed by atoms with Crippen LogP contribution in [0.15, 0.2) is 18.2 Å². The summed E-state index contributed by atoms with van der Waals surface area (Å²) in [4.78, 5) is 10.2. The van der Waals surface area contributed by atoms with Crippen LogP contribution in [0.4, 0.5) is 8.78 Å². The van der Waals surface area contributed by atoms with Gasteiger partial charge in [-0.2, -0.15) is 0 Å². The Labute approximate surface area is 85.0 Å². The highest BCUT2D eigenvalue weighted by atomic mass is 19.1. The number of rotatable bonds is 3. The van der Waals surface area contributed by atoms with Crippen molar-refractivity contribution in [2.45, 2.75) is 19.2 Å². The predicted molar refractivity (Wildman–Crippen MR) is 48.6 cm³/mol. The van der Waals surface area contributed by atoms with Crippen LogP contribution < -0.4 is 0 Å². The smallest absolute Gasteiger partial charge is 0.341 e. The molecular formula is C10H10F2O3. The fourth-order valence-corrected chi connectivity index (χ4v) is 1.10. The van der Waals surface area contributed by atoms with Gasteiger partial charge in [0, 0.05) is 0 Å². The van der Waals surface area contributed by atoms with E-state index in [4.69, 9.17) is 5.11 Å². The lowest BCUT2D eigenvalue weighted by Gasteiger charge is -2.12. The summed E-state index contributed by atoms with van der Waals surface area (Å²) in [5.74, 6) is -2.38. The fraction of sp³-hybridized carbons (Fsp3) is 0.300. The van der Waals surface area contributed by atoms with Crippen molar-refractivity contribution in [1.82, 2.24) is 0 Å². The molecule has 0 aliphatic carbocycles. The molecule has 1 aromatic rings. The molecule has 2 N–H and O–H groups in total. The molecule has 2 unspecified atom stereocenters. The van der Waals surface area contributed by atoms with Gasteiger partial charge in [0.1, 0.15) is 11.9 Å². The Morgan fingerprint density at radius 2 is 2.07 bits per heavy atom. The molecule has 0 bridgehead atoms. The van der Waals surface area contributed by atoms with Crippen LogP contribution in [-0.4, -0.2) is 22.4 Å². The summed E-state index contributed by atoms with van der Waals surface area (Å²) in [5.41, 5.74) is 0.254. The quantitative estimate of drug-likeness (QED) is 0.806. The Morgan fingerprint density at radius 3 is 2.53 bits per heavy atom. The highest BCUT2D eigenvalue weighted by Gasteiger charge is 2.27. The lowest BCUT2D eigenvalue weighted by molar-refractivity contribution is -0.147. The molecule has 0 aromatic heterocycles. The van der Waals surface area contributed by atoms with Crippen molar-refractivity contribution >= 4 is 5.97 Å². The standard InChI is InChI=1S/C10H10F2O3/c1-5-2-3-6(4-7(5)11)9(13)8(12)10(14)15/h2-4,8-9,13H,1H3,(H,14,15). The number of carboxylic acids is 1. The second kappa shape index (κ2) is 4.35. The summed E-state index contributed by atoms with van der Waals surface area (Å²) < 4.78 is 25.9. The zero-order chi connectivity index (χ0) is 11.6. The molecule has 2 atom stereocenters. The van der Waals surface area contributed by atoms with Crippen LogP contribution in [0.3, 0.4) is 0 Å². The molecule has 82 valence electrons. The molecule has 1 rings (SSSR count). The van der Waals surface area contributed by atoms with E-state index in [1.165, 1.54) is 19.1 Å². The Morgan fingerprint density at radius 1 is 1.47 bits per heavy atom. The zero-order valence-electron chi connectivity index (χ0n) is 7.95. The number of carboxylic acid groups (broad SMARTS) is 1. The molecule has 5 heteroatoms. The van der Waals surface area contributed by atoms with E-state index >= 15 is 0 Å². The number of alkyl halides is 1. The number of halogens is 2. The maximum atomic E-state index is 13.0. The minimum atomic E-state index is -2.45. The number of benzene rings is 1. The van der Waals surface area contributed by atoms with Crippen LogP contribution in [0.2, 0.25) is 0 Å². The van der Waals surface area contributed by atoms with Crippen LogP contribution >= 0.6 is 0 Å². The molecule has 0 saturated carbocycles. The lowest BCUT2D eigenvalue weighted by atomic mass is 10.0. The van der Waals surface area contributed by atoms with Gasteiger partial charge < -0.3 is 10.2 Å². The van der Waals surface area contributed by atoms with Crippen molar-refractivity contribution in [1.29, 1.82) is 0 Å². The van der Waals surface area contributed by atoms with E-state index in [-0.39, 0.29) is 5.56 Å². The lowest BCUT2D eigenvalue weighted by Crippen LogP contribution is -2.23. The highest BCUT2D eigenvalue weighted by Crippen LogP contribution is 2.21. The molecule has 0 aliphatic heterocycles. The highest BCUT2D eigenvalue weighted by molar-refractivity contribution is 5.73. The maximum Gasteiger partial charge on any atom is 0.341 e. The molecule has 1 aromatic carbocycles. The van der Waals surface area contributed by atoms with Gasteiger partial charge in [-0.3, -0.25) is 0 Å². The summed E-state index contributed by atoms with van der Waals surface area (Å²) in [7, 11) is 0. The molecule has 15 heavy (non-hydrogen) atoms. The first kappa shape index (κ1) is 11.6. The number of aliphatic carboxylic acids is 1. The molecule has 0 spiro atoms. The van der Waals surface area contributed by atoms with E-state index in [1.807, 2.05) is 0 Å². The van der Waals surface area contributed by atoms with Gasteiger partial charge in [0.15, 0.2) is 0 Å². The third-order valence-corrected chi connectivity index (χ3v) is 2.05. The topological polar surface area (TPSA) is 57.5 Å². The Kier molecular flexibility index (Phi) is 3.36. The van der Waals surface area contributed by atoms with E-state index in [1.54, 1.807) is 0 Å². The van der Waals surface area contributed by atoms with Gasteiger partial charge in [0.05, 0.1) is 0 Å². The number of aryl methyl sites for hydroxylation is 1. The van der Waals surface area contributed by atoms with Crippen LogP contribution in [0, 0.1) is 12.7 Å². The monoisotopic (exact) mass is 216 g/mol. The Balaban J connectivity index is 2.96. The number of aliphatic hydroxyl groups is 1. The molecule has 3 nitrogen and oxygen atoms in total. The van der Waals surface area contributed by atoms with Crippen molar-refractivity contribution in [3.05, 3.63) is 35.1 Å². The average Bonchev–Trinajstić information content (AvgIpc) is 2.19. The third kappa shape index (κ3) is 2.50. The molecule has 0 radical (unpaired) electrons. The van der Waals surface area contributed by atoms with Gasteiger partial charge >= 0.3 is 5.97 Å². The summed E-state index contributed by atoms with van der Waals surface area (Å²) in [6.07, 6.45) is -4.30. The van der Waals surface area contributed by atoms with Gasteiger partial charge in [0.2, 0.25) is 6.17 Å². The van der Waals surface area contributed by atoms with E-state index in [0.717, 1.165) is 6.07 Å². The molecule has 0 amide bonds. The fourth-order valence-electron chi connectivity index (χ4n) is 1.10. The van der Waals surface area contributed by atoms with Crippen molar-refractivity contribution in [2.24, 2.45) is 0 Å². The van der Waals surface area contributed by atoms with Crippen LogP contribution in [0.1, 0.15) is 17.2 Å². The molecule has 0 fully saturated rings. The average molecular weight is 216 g/mol. The first-order chi connectivity index (χ1) is 6.93. The Bertz CT molecular complexity index is 379. The molecule has 0 heterocycles. The van der Waals surface area contributed by atoms with Gasteiger partial charge in [0.25, 0.3) is 0 Å². The van der Waals surface area contributed by atoms with Gasteiger partial charge in [-0.15, -0.1) is 0 Å². The van der Waals surface area contributed by atoms with E-state index < -0.39 is 24.1 Å². The maximum absolute atomic E-state index is 13.0. The van der Waals surface area contributed by atoms with Crippen molar-refractivity contribution < 1.29 is 23.8 Å². The van der Waals surface area contributed by atoms with Crippen molar-refractivity contribution in [2.75, 3.05) is 0 Å². The predicted octanol–water partition coefficient (Wildman–Crippen LogP) is 1.59. The van der Waals surface area contributed by atoms with Crippen LogP contribution in [0.5, 0.6) is 0 Å². The van der Waals surface area contributed by atoms with Gasteiger partial charge in [-0.05, 0) is 24.1 Å². The number of hydrogen-bond acceptors (Lipinski definition) is 2. The summed E-state index contributed by atoms with van der Waals surface area (Å²) in [6.45, 7) is 1.51. The third-order valence-electron chi connectivity index (χ3n) is 2.05. The summed E-state index contributed by atoms with van der Waals surface area (Å²) in [6, 6.07) is 3.57. The summed E-state index contributed by atoms with van der Waals surface area (Å²) >= 11 is 0. The van der Waals surface area contributed by atoms with E-state index in [9.17, 15) is 18.7 Å². The number of carbonyl (C=O) groups is 1. The van der Waals surface area contributed by atoms with Crippen LogP contribution in [0.25, 0.3) is 0 Å². The van der Waals surface area contributed by atoms with Crippen molar-refractivity contribution in [3.63, 3.8) is 0 Å². The minimum Gasteiger partial charge on any atom is -0.479 e. The van der Waals surface area contributed by atoms with Crippen LogP contribution in [-0.2, 0) is 4.79 Å². The first-order valence-electron chi connectivity index (χ1n) is 4.24. The summed E-state index contributed by atoms with van der Waals surface area (Å²) in [5, 5.41) is 17.6. The molecule has 0 aliphatic rings. The normalized spacial score (nSPS) is 14.7. The number of aliphatic hydroxyl groups excluding tert-OH is 1. The largest absolute Gasteiger partial charge is 0.479 e. The minimum absolute atomic E-state index is 0.0898.